The molecule has 2 N–H and O–H groups in total. The monoisotopic (exact) mass is 183 g/mol. The molecule has 3 atom stereocenters. The molecule has 2 aliphatic rings. The second-order valence-corrected chi connectivity index (χ2v) is 4.33. The lowest BCUT2D eigenvalue weighted by Gasteiger charge is -2.12. The third-order valence-electron chi connectivity index (χ3n) is 3.20. The summed E-state index contributed by atoms with van der Waals surface area (Å²) in [6.45, 7) is 2.17. The quantitative estimate of drug-likeness (QED) is 0.674. The van der Waals surface area contributed by atoms with E-state index in [4.69, 9.17) is 5.11 Å². The van der Waals surface area contributed by atoms with Crippen LogP contribution in [0.15, 0.2) is 0 Å². The predicted molar refractivity (Wildman–Crippen MR) is 49.5 cm³/mol. The largest absolute Gasteiger partial charge is 0.480 e. The summed E-state index contributed by atoms with van der Waals surface area (Å²) >= 11 is 0. The minimum Gasteiger partial charge on any atom is -0.480 e. The molecule has 3 heteroatoms. The van der Waals surface area contributed by atoms with Crippen molar-refractivity contribution in [1.29, 1.82) is 0 Å². The molecule has 0 aromatic heterocycles. The zero-order valence-electron chi connectivity index (χ0n) is 7.99. The summed E-state index contributed by atoms with van der Waals surface area (Å²) in [5, 5.41) is 12.2. The Bertz CT molecular complexity index is 213. The summed E-state index contributed by atoms with van der Waals surface area (Å²) in [6, 6.07) is 0.230. The van der Waals surface area contributed by atoms with Crippen LogP contribution >= 0.6 is 0 Å². The van der Waals surface area contributed by atoms with Crippen molar-refractivity contribution in [3.8, 4) is 0 Å². The van der Waals surface area contributed by atoms with Crippen LogP contribution in [0.2, 0.25) is 0 Å². The summed E-state index contributed by atoms with van der Waals surface area (Å²) in [6.07, 6.45) is 4.53. The molecular formula is C10H17NO2. The first kappa shape index (κ1) is 9.00. The van der Waals surface area contributed by atoms with E-state index in [0.717, 1.165) is 18.8 Å². The van der Waals surface area contributed by atoms with Gasteiger partial charge in [0.15, 0.2) is 0 Å². The first-order chi connectivity index (χ1) is 6.22. The first-order valence-corrected chi connectivity index (χ1v) is 5.21. The zero-order chi connectivity index (χ0) is 9.42. The van der Waals surface area contributed by atoms with Crippen molar-refractivity contribution in [3.05, 3.63) is 0 Å². The van der Waals surface area contributed by atoms with Gasteiger partial charge in [-0.3, -0.25) is 4.79 Å². The second kappa shape index (κ2) is 3.29. The molecule has 74 valence electrons. The average molecular weight is 183 g/mol. The van der Waals surface area contributed by atoms with Gasteiger partial charge in [-0.05, 0) is 31.1 Å². The minimum atomic E-state index is -0.663. The lowest BCUT2D eigenvalue weighted by atomic mass is 10.2. The number of hydrogen-bond acceptors (Lipinski definition) is 2. The van der Waals surface area contributed by atoms with Gasteiger partial charge in [0.05, 0.1) is 0 Å². The molecule has 0 saturated heterocycles. The van der Waals surface area contributed by atoms with E-state index in [-0.39, 0.29) is 6.04 Å². The highest BCUT2D eigenvalue weighted by Gasteiger charge is 2.43. The number of hydrogen-bond donors (Lipinski definition) is 2. The molecule has 2 fully saturated rings. The molecule has 0 aromatic rings. The van der Waals surface area contributed by atoms with Gasteiger partial charge in [0.25, 0.3) is 0 Å². The van der Waals surface area contributed by atoms with Crippen LogP contribution in [0.1, 0.15) is 32.6 Å². The SMILES string of the molecule is CCC1CC1NC(C(=O)O)C1CC1. The smallest absolute Gasteiger partial charge is 0.320 e. The summed E-state index contributed by atoms with van der Waals surface area (Å²) < 4.78 is 0. The van der Waals surface area contributed by atoms with Gasteiger partial charge in [0.1, 0.15) is 6.04 Å². The highest BCUT2D eigenvalue weighted by Crippen LogP contribution is 2.38. The fraction of sp³-hybridized carbons (Fsp3) is 0.900. The van der Waals surface area contributed by atoms with Crippen LogP contribution < -0.4 is 5.32 Å². The number of nitrogens with one attached hydrogen (secondary N) is 1. The summed E-state index contributed by atoms with van der Waals surface area (Å²) in [7, 11) is 0. The maximum atomic E-state index is 10.9. The van der Waals surface area contributed by atoms with Crippen LogP contribution in [0, 0.1) is 11.8 Å². The first-order valence-electron chi connectivity index (χ1n) is 5.21. The molecule has 3 unspecified atom stereocenters. The zero-order valence-corrected chi connectivity index (χ0v) is 7.99. The highest BCUT2D eigenvalue weighted by molar-refractivity contribution is 5.74. The minimum absolute atomic E-state index is 0.262. The Morgan fingerprint density at radius 1 is 1.62 bits per heavy atom. The molecular weight excluding hydrogens is 166 g/mol. The Kier molecular flexibility index (Phi) is 2.28. The molecule has 2 rings (SSSR count). The molecule has 2 saturated carbocycles. The van der Waals surface area contributed by atoms with Crippen molar-refractivity contribution in [2.24, 2.45) is 11.8 Å². The fourth-order valence-electron chi connectivity index (χ4n) is 1.97. The molecule has 3 nitrogen and oxygen atoms in total. The lowest BCUT2D eigenvalue weighted by Crippen LogP contribution is -2.40. The Morgan fingerprint density at radius 2 is 2.31 bits per heavy atom. The van der Waals surface area contributed by atoms with Gasteiger partial charge in [-0.2, -0.15) is 0 Å². The van der Waals surface area contributed by atoms with Gasteiger partial charge in [-0.15, -0.1) is 0 Å². The lowest BCUT2D eigenvalue weighted by molar-refractivity contribution is -0.140. The summed E-state index contributed by atoms with van der Waals surface area (Å²) in [5.41, 5.74) is 0. The average Bonchev–Trinajstić information content (AvgIpc) is 2.95. The molecule has 0 bridgehead atoms. The number of aliphatic carboxylic acids is 1. The third kappa shape index (κ3) is 2.02. The van der Waals surface area contributed by atoms with Crippen LogP contribution in [0.4, 0.5) is 0 Å². The molecule has 0 aromatic carbocycles. The van der Waals surface area contributed by atoms with Gasteiger partial charge < -0.3 is 10.4 Å². The van der Waals surface area contributed by atoms with E-state index in [0.29, 0.717) is 12.0 Å². The van der Waals surface area contributed by atoms with Crippen LogP contribution in [-0.4, -0.2) is 23.2 Å². The Morgan fingerprint density at radius 3 is 2.69 bits per heavy atom. The maximum Gasteiger partial charge on any atom is 0.320 e. The van der Waals surface area contributed by atoms with Crippen LogP contribution in [0.25, 0.3) is 0 Å². The van der Waals surface area contributed by atoms with E-state index >= 15 is 0 Å². The van der Waals surface area contributed by atoms with Gasteiger partial charge >= 0.3 is 5.97 Å². The Balaban J connectivity index is 1.80. The van der Waals surface area contributed by atoms with E-state index in [1.165, 1.54) is 12.8 Å². The van der Waals surface area contributed by atoms with Crippen molar-refractivity contribution < 1.29 is 9.90 Å². The predicted octanol–water partition coefficient (Wildman–Crippen LogP) is 1.24. The number of rotatable bonds is 5. The fourth-order valence-corrected chi connectivity index (χ4v) is 1.97. The molecule has 0 aliphatic heterocycles. The Hall–Kier alpha value is -0.570. The van der Waals surface area contributed by atoms with Gasteiger partial charge in [-0.1, -0.05) is 13.3 Å². The van der Waals surface area contributed by atoms with Crippen molar-refractivity contribution in [2.45, 2.75) is 44.7 Å². The second-order valence-electron chi connectivity index (χ2n) is 4.33. The molecule has 0 amide bonds. The van der Waals surface area contributed by atoms with Crippen molar-refractivity contribution in [2.75, 3.05) is 0 Å². The van der Waals surface area contributed by atoms with E-state index < -0.39 is 5.97 Å². The van der Waals surface area contributed by atoms with Gasteiger partial charge in [0, 0.05) is 6.04 Å². The summed E-state index contributed by atoms with van der Waals surface area (Å²) in [5.74, 6) is 0.487. The number of carbonyl (C=O) groups is 1. The number of carboxylic acids is 1. The van der Waals surface area contributed by atoms with E-state index in [1.54, 1.807) is 0 Å². The van der Waals surface area contributed by atoms with Gasteiger partial charge in [-0.25, -0.2) is 0 Å². The molecule has 0 heterocycles. The van der Waals surface area contributed by atoms with Crippen molar-refractivity contribution in [3.63, 3.8) is 0 Å². The third-order valence-corrected chi connectivity index (χ3v) is 3.20. The maximum absolute atomic E-state index is 10.9. The van der Waals surface area contributed by atoms with Crippen LogP contribution in [0.5, 0.6) is 0 Å². The van der Waals surface area contributed by atoms with Crippen LogP contribution in [0.3, 0.4) is 0 Å². The van der Waals surface area contributed by atoms with Crippen LogP contribution in [-0.2, 0) is 4.79 Å². The van der Waals surface area contributed by atoms with E-state index in [1.807, 2.05) is 0 Å². The number of carboxylic acid groups (broad SMARTS) is 1. The van der Waals surface area contributed by atoms with Gasteiger partial charge in [0.2, 0.25) is 0 Å². The normalized spacial score (nSPS) is 34.2. The molecule has 0 spiro atoms. The molecule has 2 aliphatic carbocycles. The van der Waals surface area contributed by atoms with Crippen molar-refractivity contribution >= 4 is 5.97 Å². The van der Waals surface area contributed by atoms with Crippen molar-refractivity contribution in [1.82, 2.24) is 5.32 Å². The van der Waals surface area contributed by atoms with E-state index in [2.05, 4.69) is 12.2 Å². The topological polar surface area (TPSA) is 49.3 Å². The molecule has 0 radical (unpaired) electrons. The molecule has 13 heavy (non-hydrogen) atoms. The Labute approximate surface area is 78.5 Å². The van der Waals surface area contributed by atoms with E-state index in [9.17, 15) is 4.79 Å². The highest BCUT2D eigenvalue weighted by atomic mass is 16.4. The summed E-state index contributed by atoms with van der Waals surface area (Å²) in [4.78, 5) is 10.9. The standard InChI is InChI=1S/C10H17NO2/c1-2-6-5-8(6)11-9(10(12)13)7-3-4-7/h6-9,11H,2-5H2,1H3,(H,12,13).